The van der Waals surface area contributed by atoms with Gasteiger partial charge in [-0.05, 0) is 38.0 Å². The van der Waals surface area contributed by atoms with Crippen LogP contribution in [-0.4, -0.2) is 62.7 Å². The normalized spacial score (nSPS) is 12.3. The van der Waals surface area contributed by atoms with Gasteiger partial charge in [0.15, 0.2) is 0 Å². The predicted molar refractivity (Wildman–Crippen MR) is 131 cm³/mol. The summed E-state index contributed by atoms with van der Waals surface area (Å²) in [6.07, 6.45) is 0.729. The second kappa shape index (κ2) is 11.9. The van der Waals surface area contributed by atoms with Crippen molar-refractivity contribution in [3.05, 3.63) is 65.5 Å². The molecule has 2 amide bonds. The molecule has 8 nitrogen and oxygen atoms in total. The molecule has 0 bridgehead atoms. The first-order valence-corrected chi connectivity index (χ1v) is 12.5. The molecule has 0 saturated carbocycles. The fourth-order valence-electron chi connectivity index (χ4n) is 3.34. The van der Waals surface area contributed by atoms with Crippen molar-refractivity contribution >= 4 is 27.7 Å². The zero-order chi connectivity index (χ0) is 25.5. The van der Waals surface area contributed by atoms with E-state index in [1.54, 1.807) is 6.92 Å². The molecule has 186 valence electrons. The molecule has 0 aliphatic rings. The number of aryl methyl sites for hydroxylation is 1. The van der Waals surface area contributed by atoms with Crippen LogP contribution in [-0.2, 0) is 26.3 Å². The topological polar surface area (TPSA) is 90.0 Å². The number of rotatable bonds is 11. The third-order valence-corrected chi connectivity index (χ3v) is 7.10. The Bertz CT molecular complexity index is 1110. The number of carbonyl (C=O) groups excluding carboxylic acids is 2. The Morgan fingerprint density at radius 2 is 1.76 bits per heavy atom. The van der Waals surface area contributed by atoms with Gasteiger partial charge in [-0.25, -0.2) is 8.70 Å². The first-order chi connectivity index (χ1) is 16.0. The predicted octanol–water partition coefficient (Wildman–Crippen LogP) is 2.69. The minimum Gasteiger partial charge on any atom is -0.354 e. The average Bonchev–Trinajstić information content (AvgIpc) is 2.79. The number of para-hydroxylation sites is 1. The van der Waals surface area contributed by atoms with Crippen LogP contribution in [0.25, 0.3) is 0 Å². The Kier molecular flexibility index (Phi) is 9.57. The summed E-state index contributed by atoms with van der Waals surface area (Å²) in [6, 6.07) is 12.0. The maximum atomic E-state index is 14.6. The van der Waals surface area contributed by atoms with E-state index in [0.29, 0.717) is 6.54 Å². The third-order valence-electron chi connectivity index (χ3n) is 5.29. The van der Waals surface area contributed by atoms with E-state index in [4.69, 9.17) is 0 Å². The monoisotopic (exact) mass is 492 g/mol. The van der Waals surface area contributed by atoms with Gasteiger partial charge in [0, 0.05) is 27.2 Å². The molecule has 34 heavy (non-hydrogen) atoms. The molecule has 0 heterocycles. The van der Waals surface area contributed by atoms with E-state index >= 15 is 0 Å². The lowest BCUT2D eigenvalue weighted by molar-refractivity contribution is -0.139. The lowest BCUT2D eigenvalue weighted by Gasteiger charge is -2.33. The number of hydrogen-bond donors (Lipinski definition) is 1. The van der Waals surface area contributed by atoms with Gasteiger partial charge in [0.2, 0.25) is 11.8 Å². The average molecular weight is 493 g/mol. The number of amides is 2. The molecule has 10 heteroatoms. The summed E-state index contributed by atoms with van der Waals surface area (Å²) in [5.41, 5.74) is 1.52. The summed E-state index contributed by atoms with van der Waals surface area (Å²) < 4.78 is 42.3. The Morgan fingerprint density at radius 1 is 1.09 bits per heavy atom. The van der Waals surface area contributed by atoms with Gasteiger partial charge in [-0.15, -0.1) is 0 Å². The van der Waals surface area contributed by atoms with E-state index < -0.39 is 34.5 Å². The maximum Gasteiger partial charge on any atom is 0.304 e. The molecule has 0 aliphatic heterocycles. The van der Waals surface area contributed by atoms with Crippen molar-refractivity contribution in [2.24, 2.45) is 0 Å². The highest BCUT2D eigenvalue weighted by atomic mass is 32.2. The summed E-state index contributed by atoms with van der Waals surface area (Å²) in [6.45, 7) is 5.29. The van der Waals surface area contributed by atoms with Crippen LogP contribution in [0.1, 0.15) is 31.4 Å². The number of nitrogens with zero attached hydrogens (tertiary/aromatic N) is 3. The van der Waals surface area contributed by atoms with Crippen molar-refractivity contribution in [3.63, 3.8) is 0 Å². The Morgan fingerprint density at radius 3 is 2.35 bits per heavy atom. The summed E-state index contributed by atoms with van der Waals surface area (Å²) >= 11 is 0. The van der Waals surface area contributed by atoms with Crippen LogP contribution >= 0.6 is 0 Å². The molecule has 1 atom stereocenters. The number of hydrogen-bond acceptors (Lipinski definition) is 4. The molecular weight excluding hydrogens is 459 g/mol. The molecule has 0 fully saturated rings. The summed E-state index contributed by atoms with van der Waals surface area (Å²) in [4.78, 5) is 27.5. The first kappa shape index (κ1) is 27.3. The number of anilines is 1. The summed E-state index contributed by atoms with van der Waals surface area (Å²) in [5, 5.41) is 2.77. The molecule has 0 unspecified atom stereocenters. The third kappa shape index (κ3) is 6.77. The van der Waals surface area contributed by atoms with Crippen LogP contribution < -0.4 is 9.62 Å². The molecular formula is C24H33FN4O4S. The Labute approximate surface area is 201 Å². The van der Waals surface area contributed by atoms with Crippen molar-refractivity contribution in [2.75, 3.05) is 31.5 Å². The zero-order valence-electron chi connectivity index (χ0n) is 20.3. The largest absolute Gasteiger partial charge is 0.354 e. The van der Waals surface area contributed by atoms with E-state index in [9.17, 15) is 22.4 Å². The van der Waals surface area contributed by atoms with E-state index in [-0.39, 0.29) is 18.1 Å². The smallest absolute Gasteiger partial charge is 0.304 e. The molecule has 2 aromatic carbocycles. The van der Waals surface area contributed by atoms with Crippen LogP contribution in [0, 0.1) is 12.7 Å². The molecule has 0 aromatic heterocycles. The van der Waals surface area contributed by atoms with Crippen LogP contribution in [0.4, 0.5) is 10.1 Å². The lowest BCUT2D eigenvalue weighted by Crippen LogP contribution is -2.52. The van der Waals surface area contributed by atoms with Crippen LogP contribution in [0.5, 0.6) is 0 Å². The number of halogens is 1. The van der Waals surface area contributed by atoms with Crippen molar-refractivity contribution in [2.45, 2.75) is 39.8 Å². The fourth-order valence-corrected chi connectivity index (χ4v) is 4.41. The van der Waals surface area contributed by atoms with Gasteiger partial charge in [-0.3, -0.25) is 9.59 Å². The quantitative estimate of drug-likeness (QED) is 0.522. The molecule has 2 aromatic rings. The molecule has 0 radical (unpaired) electrons. The van der Waals surface area contributed by atoms with Crippen molar-refractivity contribution < 1.29 is 22.4 Å². The first-order valence-electron chi connectivity index (χ1n) is 11.1. The number of nitrogens with one attached hydrogen (secondary N) is 1. The Hall–Kier alpha value is -2.98. The number of benzene rings is 2. The van der Waals surface area contributed by atoms with Gasteiger partial charge in [0.05, 0.1) is 5.69 Å². The summed E-state index contributed by atoms with van der Waals surface area (Å²) in [7, 11) is -1.60. The van der Waals surface area contributed by atoms with Gasteiger partial charge in [-0.2, -0.15) is 12.7 Å². The minimum atomic E-state index is -4.20. The molecule has 0 spiro atoms. The molecule has 2 rings (SSSR count). The van der Waals surface area contributed by atoms with Crippen molar-refractivity contribution in [3.8, 4) is 0 Å². The van der Waals surface area contributed by atoms with E-state index in [2.05, 4.69) is 5.32 Å². The SMILES string of the molecule is CCCNC(=O)[C@@H](C)N(Cc1cccc(C)c1)C(=O)CN(c1ccccc1F)S(=O)(=O)N(C)C. The molecule has 0 saturated heterocycles. The minimum absolute atomic E-state index is 0.0916. The highest BCUT2D eigenvalue weighted by Gasteiger charge is 2.33. The van der Waals surface area contributed by atoms with Crippen LogP contribution in [0.3, 0.4) is 0 Å². The maximum absolute atomic E-state index is 14.6. The van der Waals surface area contributed by atoms with E-state index in [0.717, 1.165) is 32.2 Å². The fraction of sp³-hybridized carbons (Fsp3) is 0.417. The van der Waals surface area contributed by atoms with E-state index in [1.807, 2.05) is 38.1 Å². The second-order valence-corrected chi connectivity index (χ2v) is 10.3. The highest BCUT2D eigenvalue weighted by Crippen LogP contribution is 2.24. The lowest BCUT2D eigenvalue weighted by atomic mass is 10.1. The van der Waals surface area contributed by atoms with Crippen molar-refractivity contribution in [1.29, 1.82) is 0 Å². The van der Waals surface area contributed by atoms with Gasteiger partial charge in [0.1, 0.15) is 18.4 Å². The van der Waals surface area contributed by atoms with Crippen LogP contribution in [0.2, 0.25) is 0 Å². The summed E-state index contributed by atoms with van der Waals surface area (Å²) in [5.74, 6) is -1.76. The second-order valence-electron chi connectivity index (χ2n) is 8.23. The highest BCUT2D eigenvalue weighted by molar-refractivity contribution is 7.90. The number of carbonyl (C=O) groups is 2. The van der Waals surface area contributed by atoms with E-state index in [1.165, 1.54) is 37.2 Å². The van der Waals surface area contributed by atoms with Gasteiger partial charge >= 0.3 is 10.2 Å². The molecule has 0 aliphatic carbocycles. The van der Waals surface area contributed by atoms with Gasteiger partial charge in [-0.1, -0.05) is 48.9 Å². The van der Waals surface area contributed by atoms with Gasteiger partial charge in [0.25, 0.3) is 0 Å². The molecule has 1 N–H and O–H groups in total. The van der Waals surface area contributed by atoms with Gasteiger partial charge < -0.3 is 10.2 Å². The van der Waals surface area contributed by atoms with Crippen molar-refractivity contribution in [1.82, 2.24) is 14.5 Å². The Balaban J connectivity index is 2.45. The van der Waals surface area contributed by atoms with Crippen LogP contribution in [0.15, 0.2) is 48.5 Å². The zero-order valence-corrected chi connectivity index (χ0v) is 21.1. The standard InChI is InChI=1S/C24H33FN4O4S/c1-6-14-26-24(31)19(3)28(16-20-11-9-10-18(2)15-20)23(30)17-29(34(32,33)27(4)5)22-13-8-7-12-21(22)25/h7-13,15,19H,6,14,16-17H2,1-5H3,(H,26,31)/t19-/m1/s1.